The number of rotatable bonds is 3. The van der Waals surface area contributed by atoms with E-state index in [1.807, 2.05) is 37.3 Å². The normalized spacial score (nSPS) is 14.0. The van der Waals surface area contributed by atoms with E-state index in [4.69, 9.17) is 5.73 Å². The zero-order valence-corrected chi connectivity index (χ0v) is 11.8. The van der Waals surface area contributed by atoms with Crippen LogP contribution < -0.4 is 5.73 Å². The summed E-state index contributed by atoms with van der Waals surface area (Å²) in [4.78, 5) is 8.63. The molecule has 3 rings (SSSR count). The molecule has 21 heavy (non-hydrogen) atoms. The van der Waals surface area contributed by atoms with Gasteiger partial charge in [-0.15, -0.1) is 0 Å². The Hall–Kier alpha value is -2.33. The lowest BCUT2D eigenvalue weighted by molar-refractivity contribution is 0.502. The molecule has 0 aliphatic rings. The van der Waals surface area contributed by atoms with Crippen molar-refractivity contribution in [3.8, 4) is 0 Å². The number of hydrogen-bond acceptors (Lipinski definition) is 3. The van der Waals surface area contributed by atoms with Gasteiger partial charge in [0.15, 0.2) is 0 Å². The highest BCUT2D eigenvalue weighted by molar-refractivity contribution is 5.83. The van der Waals surface area contributed by atoms with Crippen LogP contribution in [0.1, 0.15) is 24.6 Å². The van der Waals surface area contributed by atoms with E-state index in [9.17, 15) is 4.39 Å². The number of benzene rings is 1. The second-order valence-corrected chi connectivity index (χ2v) is 5.07. The number of halogens is 1. The predicted octanol–water partition coefficient (Wildman–Crippen LogP) is 3.38. The summed E-state index contributed by atoms with van der Waals surface area (Å²) in [5.41, 5.74) is 8.25. The maximum atomic E-state index is 13.1. The fraction of sp³-hybridized carbons (Fsp3) is 0.176. The predicted molar refractivity (Wildman–Crippen MR) is 81.2 cm³/mol. The summed E-state index contributed by atoms with van der Waals surface area (Å²) in [7, 11) is 0. The number of nitrogens with zero attached hydrogens (tertiary/aromatic N) is 2. The molecule has 0 saturated heterocycles. The second-order valence-electron chi connectivity index (χ2n) is 5.07. The van der Waals surface area contributed by atoms with Gasteiger partial charge in [0, 0.05) is 17.1 Å². The smallest absolute Gasteiger partial charge is 0.141 e. The number of nitrogens with two attached hydrogens (primary N) is 1. The standard InChI is InChI=1S/C17H16FN3/c1-2-17(19,15-9-8-13(18)11-21-15)14-7-3-5-12-6-4-10-20-16(12)14/h3-11H,2,19H2,1H3. The van der Waals surface area contributed by atoms with E-state index < -0.39 is 5.54 Å². The molecule has 0 saturated carbocycles. The number of pyridine rings is 2. The van der Waals surface area contributed by atoms with Crippen molar-refractivity contribution in [2.75, 3.05) is 0 Å². The third kappa shape index (κ3) is 2.28. The van der Waals surface area contributed by atoms with E-state index >= 15 is 0 Å². The van der Waals surface area contributed by atoms with Crippen LogP contribution in [0.4, 0.5) is 4.39 Å². The van der Waals surface area contributed by atoms with Crippen LogP contribution >= 0.6 is 0 Å². The van der Waals surface area contributed by atoms with Crippen molar-refractivity contribution in [1.82, 2.24) is 9.97 Å². The first kappa shape index (κ1) is 13.6. The summed E-state index contributed by atoms with van der Waals surface area (Å²) in [6, 6.07) is 12.8. The van der Waals surface area contributed by atoms with E-state index in [0.29, 0.717) is 12.1 Å². The molecule has 0 amide bonds. The Morgan fingerprint density at radius 2 is 1.90 bits per heavy atom. The SMILES string of the molecule is CCC(N)(c1ccc(F)cn1)c1cccc2cccnc12. The van der Waals surface area contributed by atoms with Crippen molar-refractivity contribution >= 4 is 10.9 Å². The van der Waals surface area contributed by atoms with Gasteiger partial charge in [-0.2, -0.15) is 0 Å². The Morgan fingerprint density at radius 3 is 2.62 bits per heavy atom. The molecule has 2 aromatic heterocycles. The molecule has 0 fully saturated rings. The van der Waals surface area contributed by atoms with Crippen molar-refractivity contribution < 1.29 is 4.39 Å². The van der Waals surface area contributed by atoms with Crippen molar-refractivity contribution in [2.24, 2.45) is 5.73 Å². The third-order valence-corrected chi connectivity index (χ3v) is 3.86. The van der Waals surface area contributed by atoms with Crippen LogP contribution in [0.3, 0.4) is 0 Å². The molecule has 3 aromatic rings. The quantitative estimate of drug-likeness (QED) is 0.800. The van der Waals surface area contributed by atoms with Gasteiger partial charge in [0.25, 0.3) is 0 Å². The van der Waals surface area contributed by atoms with Crippen molar-refractivity contribution in [3.63, 3.8) is 0 Å². The second kappa shape index (κ2) is 5.22. The molecule has 1 aromatic carbocycles. The van der Waals surface area contributed by atoms with Gasteiger partial charge in [-0.05, 0) is 24.6 Å². The summed E-state index contributed by atoms with van der Waals surface area (Å²) < 4.78 is 13.1. The molecule has 2 heterocycles. The Morgan fingerprint density at radius 1 is 1.10 bits per heavy atom. The Balaban J connectivity index is 2.24. The van der Waals surface area contributed by atoms with Crippen LogP contribution in [-0.4, -0.2) is 9.97 Å². The summed E-state index contributed by atoms with van der Waals surface area (Å²) in [6.45, 7) is 1.99. The molecule has 0 radical (unpaired) electrons. The highest BCUT2D eigenvalue weighted by Crippen LogP contribution is 2.33. The van der Waals surface area contributed by atoms with Gasteiger partial charge in [-0.1, -0.05) is 31.2 Å². The Labute approximate surface area is 122 Å². The van der Waals surface area contributed by atoms with Crippen LogP contribution in [0.2, 0.25) is 0 Å². The highest BCUT2D eigenvalue weighted by Gasteiger charge is 2.31. The van der Waals surface area contributed by atoms with E-state index in [1.54, 1.807) is 12.3 Å². The molecular formula is C17H16FN3. The maximum absolute atomic E-state index is 13.1. The molecule has 106 valence electrons. The molecule has 0 spiro atoms. The van der Waals surface area contributed by atoms with Crippen LogP contribution in [0.25, 0.3) is 10.9 Å². The lowest BCUT2D eigenvalue weighted by Gasteiger charge is -2.29. The highest BCUT2D eigenvalue weighted by atomic mass is 19.1. The van der Waals surface area contributed by atoms with Gasteiger partial charge < -0.3 is 5.73 Å². The van der Waals surface area contributed by atoms with Gasteiger partial charge >= 0.3 is 0 Å². The minimum atomic E-state index is -0.790. The number of hydrogen-bond donors (Lipinski definition) is 1. The van der Waals surface area contributed by atoms with E-state index in [1.165, 1.54) is 12.3 Å². The third-order valence-electron chi connectivity index (χ3n) is 3.86. The minimum Gasteiger partial charge on any atom is -0.316 e. The topological polar surface area (TPSA) is 51.8 Å². The van der Waals surface area contributed by atoms with Crippen molar-refractivity contribution in [1.29, 1.82) is 0 Å². The molecule has 1 atom stereocenters. The van der Waals surface area contributed by atoms with E-state index in [0.717, 1.165) is 16.5 Å². The van der Waals surface area contributed by atoms with Crippen molar-refractivity contribution in [3.05, 3.63) is 71.9 Å². The molecule has 4 heteroatoms. The average Bonchev–Trinajstić information content (AvgIpc) is 2.54. The number of fused-ring (bicyclic) bond motifs is 1. The summed E-state index contributed by atoms with van der Waals surface area (Å²) in [5.74, 6) is -0.367. The molecule has 0 aliphatic carbocycles. The molecule has 0 aliphatic heterocycles. The molecule has 0 bridgehead atoms. The largest absolute Gasteiger partial charge is 0.316 e. The summed E-state index contributed by atoms with van der Waals surface area (Å²) >= 11 is 0. The minimum absolute atomic E-state index is 0.367. The Kier molecular flexibility index (Phi) is 3.39. The molecule has 1 unspecified atom stereocenters. The van der Waals surface area contributed by atoms with E-state index in [2.05, 4.69) is 9.97 Å². The Bertz CT molecular complexity index is 765. The van der Waals surface area contributed by atoms with Gasteiger partial charge in [0.1, 0.15) is 5.82 Å². The lowest BCUT2D eigenvalue weighted by atomic mass is 9.83. The molecule has 3 nitrogen and oxygen atoms in total. The van der Waals surface area contributed by atoms with Crippen LogP contribution in [-0.2, 0) is 5.54 Å². The number of aromatic nitrogens is 2. The van der Waals surface area contributed by atoms with Gasteiger partial charge in [0.2, 0.25) is 0 Å². The fourth-order valence-corrected chi connectivity index (χ4v) is 2.61. The summed E-state index contributed by atoms with van der Waals surface area (Å²) in [6.07, 6.45) is 3.59. The first-order valence-electron chi connectivity index (χ1n) is 6.90. The fourth-order valence-electron chi connectivity index (χ4n) is 2.61. The van der Waals surface area contributed by atoms with Crippen LogP contribution in [0.5, 0.6) is 0 Å². The zero-order valence-electron chi connectivity index (χ0n) is 11.8. The first-order chi connectivity index (χ1) is 10.1. The van der Waals surface area contributed by atoms with Gasteiger partial charge in [-0.3, -0.25) is 9.97 Å². The number of para-hydroxylation sites is 1. The van der Waals surface area contributed by atoms with Gasteiger partial charge in [0.05, 0.1) is 22.9 Å². The first-order valence-corrected chi connectivity index (χ1v) is 6.90. The zero-order chi connectivity index (χ0) is 14.9. The molecular weight excluding hydrogens is 265 g/mol. The van der Waals surface area contributed by atoms with Crippen molar-refractivity contribution in [2.45, 2.75) is 18.9 Å². The van der Waals surface area contributed by atoms with E-state index in [-0.39, 0.29) is 5.82 Å². The monoisotopic (exact) mass is 281 g/mol. The van der Waals surface area contributed by atoms with Crippen LogP contribution in [0.15, 0.2) is 54.9 Å². The molecule has 2 N–H and O–H groups in total. The lowest BCUT2D eigenvalue weighted by Crippen LogP contribution is -2.38. The maximum Gasteiger partial charge on any atom is 0.141 e. The van der Waals surface area contributed by atoms with Gasteiger partial charge in [-0.25, -0.2) is 4.39 Å². The van der Waals surface area contributed by atoms with Crippen LogP contribution in [0, 0.1) is 5.82 Å². The average molecular weight is 281 g/mol. The summed E-state index contributed by atoms with van der Waals surface area (Å²) in [5, 5.41) is 1.03.